The number of aromatic nitrogens is 3. The van der Waals surface area contributed by atoms with Crippen LogP contribution in [-0.2, 0) is 6.18 Å². The standard InChI is InChI=1S/C16H9ClF4N4O/c17-10-3-1-2-4-14(10)25-8-13(23-24-25)15(26)22-12-7-9(16(19,20)21)5-6-11(12)18/h1-8H,(H,22,26). The number of para-hydroxylation sites is 1. The fraction of sp³-hybridized carbons (Fsp3) is 0.0625. The zero-order valence-corrected chi connectivity index (χ0v) is 13.5. The molecule has 0 unspecified atom stereocenters. The number of carbonyl (C=O) groups excluding carboxylic acids is 1. The van der Waals surface area contributed by atoms with Gasteiger partial charge in [0.15, 0.2) is 5.69 Å². The van der Waals surface area contributed by atoms with E-state index in [1.54, 1.807) is 24.3 Å². The van der Waals surface area contributed by atoms with Crippen molar-refractivity contribution < 1.29 is 22.4 Å². The third kappa shape index (κ3) is 3.67. The summed E-state index contributed by atoms with van der Waals surface area (Å²) in [7, 11) is 0. The van der Waals surface area contributed by atoms with Crippen molar-refractivity contribution in [1.29, 1.82) is 0 Å². The van der Waals surface area contributed by atoms with Gasteiger partial charge in [-0.1, -0.05) is 28.9 Å². The Morgan fingerprint density at radius 2 is 1.88 bits per heavy atom. The zero-order valence-electron chi connectivity index (χ0n) is 12.8. The molecule has 3 rings (SSSR count). The molecule has 0 bridgehead atoms. The number of hydrogen-bond donors (Lipinski definition) is 1. The Balaban J connectivity index is 1.85. The maximum atomic E-state index is 13.7. The van der Waals surface area contributed by atoms with Gasteiger partial charge in [0.1, 0.15) is 5.82 Å². The summed E-state index contributed by atoms with van der Waals surface area (Å²) in [6.45, 7) is 0. The van der Waals surface area contributed by atoms with Gasteiger partial charge in [-0.25, -0.2) is 9.07 Å². The predicted molar refractivity (Wildman–Crippen MR) is 85.7 cm³/mol. The van der Waals surface area contributed by atoms with Crippen molar-refractivity contribution in [1.82, 2.24) is 15.0 Å². The lowest BCUT2D eigenvalue weighted by molar-refractivity contribution is -0.137. The summed E-state index contributed by atoms with van der Waals surface area (Å²) in [5, 5.41) is 9.78. The monoisotopic (exact) mass is 384 g/mol. The Labute approximate surface area is 149 Å². The van der Waals surface area contributed by atoms with Crippen LogP contribution in [0.4, 0.5) is 23.2 Å². The second-order valence-corrected chi connectivity index (χ2v) is 5.55. The van der Waals surface area contributed by atoms with E-state index in [1.165, 1.54) is 10.9 Å². The predicted octanol–water partition coefficient (Wildman–Crippen LogP) is 4.33. The van der Waals surface area contributed by atoms with Crippen molar-refractivity contribution in [2.24, 2.45) is 0 Å². The molecular formula is C16H9ClF4N4O. The van der Waals surface area contributed by atoms with Gasteiger partial charge in [-0.05, 0) is 30.3 Å². The van der Waals surface area contributed by atoms with Gasteiger partial charge in [0.25, 0.3) is 5.91 Å². The topological polar surface area (TPSA) is 59.8 Å². The normalized spacial score (nSPS) is 11.4. The van der Waals surface area contributed by atoms with Crippen molar-refractivity contribution in [2.45, 2.75) is 6.18 Å². The lowest BCUT2D eigenvalue weighted by Gasteiger charge is -2.10. The Morgan fingerprint density at radius 1 is 1.15 bits per heavy atom. The Morgan fingerprint density at radius 3 is 2.58 bits per heavy atom. The van der Waals surface area contributed by atoms with E-state index >= 15 is 0 Å². The van der Waals surface area contributed by atoms with Crippen molar-refractivity contribution in [2.75, 3.05) is 5.32 Å². The van der Waals surface area contributed by atoms with Crippen LogP contribution in [0.25, 0.3) is 5.69 Å². The van der Waals surface area contributed by atoms with E-state index in [9.17, 15) is 22.4 Å². The number of amides is 1. The van der Waals surface area contributed by atoms with Crippen LogP contribution < -0.4 is 5.32 Å². The lowest BCUT2D eigenvalue weighted by Crippen LogP contribution is -2.15. The molecule has 2 aromatic carbocycles. The summed E-state index contributed by atoms with van der Waals surface area (Å²) in [4.78, 5) is 12.1. The van der Waals surface area contributed by atoms with Crippen LogP contribution in [0, 0.1) is 5.82 Å². The summed E-state index contributed by atoms with van der Waals surface area (Å²) >= 11 is 6.01. The molecule has 0 fully saturated rings. The van der Waals surface area contributed by atoms with Crippen LogP contribution >= 0.6 is 11.6 Å². The highest BCUT2D eigenvalue weighted by atomic mass is 35.5. The maximum absolute atomic E-state index is 13.7. The molecule has 3 aromatic rings. The van der Waals surface area contributed by atoms with Crippen molar-refractivity contribution >= 4 is 23.2 Å². The molecule has 0 aliphatic rings. The van der Waals surface area contributed by atoms with Crippen LogP contribution in [0.5, 0.6) is 0 Å². The molecule has 1 aromatic heterocycles. The van der Waals surface area contributed by atoms with Crippen LogP contribution in [0.1, 0.15) is 16.1 Å². The number of nitrogens with zero attached hydrogens (tertiary/aromatic N) is 3. The Kier molecular flexibility index (Phi) is 4.64. The zero-order chi connectivity index (χ0) is 18.9. The van der Waals surface area contributed by atoms with E-state index in [2.05, 4.69) is 15.6 Å². The molecule has 1 heterocycles. The first-order valence-electron chi connectivity index (χ1n) is 7.11. The molecule has 0 saturated heterocycles. The van der Waals surface area contributed by atoms with Crippen molar-refractivity contribution in [3.63, 3.8) is 0 Å². The largest absolute Gasteiger partial charge is 0.416 e. The minimum absolute atomic E-state index is 0.221. The Bertz CT molecular complexity index is 971. The molecule has 10 heteroatoms. The van der Waals surface area contributed by atoms with Gasteiger partial charge in [-0.15, -0.1) is 5.10 Å². The van der Waals surface area contributed by atoms with E-state index in [1.807, 2.05) is 0 Å². The van der Waals surface area contributed by atoms with Crippen LogP contribution in [0.2, 0.25) is 5.02 Å². The third-order valence-electron chi connectivity index (χ3n) is 3.37. The highest BCUT2D eigenvalue weighted by molar-refractivity contribution is 6.32. The van der Waals surface area contributed by atoms with Gasteiger partial charge >= 0.3 is 6.18 Å². The summed E-state index contributed by atoms with van der Waals surface area (Å²) < 4.78 is 53.1. The van der Waals surface area contributed by atoms with Gasteiger partial charge < -0.3 is 5.32 Å². The van der Waals surface area contributed by atoms with E-state index in [4.69, 9.17) is 11.6 Å². The maximum Gasteiger partial charge on any atom is 0.416 e. The molecule has 0 aliphatic heterocycles. The molecule has 1 amide bonds. The number of hydrogen-bond acceptors (Lipinski definition) is 3. The highest BCUT2D eigenvalue weighted by Gasteiger charge is 2.31. The van der Waals surface area contributed by atoms with Crippen LogP contribution in [-0.4, -0.2) is 20.9 Å². The van der Waals surface area contributed by atoms with E-state index < -0.39 is 29.2 Å². The first-order valence-corrected chi connectivity index (χ1v) is 7.49. The molecule has 134 valence electrons. The fourth-order valence-electron chi connectivity index (χ4n) is 2.11. The van der Waals surface area contributed by atoms with Crippen molar-refractivity contribution in [3.8, 4) is 5.69 Å². The summed E-state index contributed by atoms with van der Waals surface area (Å²) in [5.41, 5.74) is -1.47. The van der Waals surface area contributed by atoms with Crippen LogP contribution in [0.3, 0.4) is 0 Å². The molecule has 26 heavy (non-hydrogen) atoms. The molecule has 0 saturated carbocycles. The van der Waals surface area contributed by atoms with Gasteiger partial charge in [0.05, 0.1) is 28.2 Å². The second kappa shape index (κ2) is 6.75. The van der Waals surface area contributed by atoms with Crippen molar-refractivity contribution in [3.05, 3.63) is 70.8 Å². The average Bonchev–Trinajstić information content (AvgIpc) is 3.06. The molecule has 0 spiro atoms. The molecule has 5 nitrogen and oxygen atoms in total. The summed E-state index contributed by atoms with van der Waals surface area (Å²) in [6.07, 6.45) is -3.44. The van der Waals surface area contributed by atoms with E-state index in [-0.39, 0.29) is 5.69 Å². The SMILES string of the molecule is O=C(Nc1cc(C(F)(F)F)ccc1F)c1cn(-c2ccccc2Cl)nn1. The second-order valence-electron chi connectivity index (χ2n) is 5.15. The number of alkyl halides is 3. The summed E-state index contributed by atoms with van der Waals surface area (Å²) in [6, 6.07) is 8.35. The smallest absolute Gasteiger partial charge is 0.318 e. The quantitative estimate of drug-likeness (QED) is 0.684. The van der Waals surface area contributed by atoms with Gasteiger partial charge in [-0.2, -0.15) is 13.2 Å². The van der Waals surface area contributed by atoms with Gasteiger partial charge in [-0.3, -0.25) is 4.79 Å². The van der Waals surface area contributed by atoms with Crippen LogP contribution in [0.15, 0.2) is 48.7 Å². The van der Waals surface area contributed by atoms with Gasteiger partial charge in [0.2, 0.25) is 0 Å². The highest BCUT2D eigenvalue weighted by Crippen LogP contribution is 2.32. The van der Waals surface area contributed by atoms with E-state index in [0.717, 1.165) is 0 Å². The molecule has 0 atom stereocenters. The Hall–Kier alpha value is -2.94. The van der Waals surface area contributed by atoms with Gasteiger partial charge in [0, 0.05) is 0 Å². The third-order valence-corrected chi connectivity index (χ3v) is 3.69. The number of benzene rings is 2. The lowest BCUT2D eigenvalue weighted by atomic mass is 10.2. The molecular weight excluding hydrogens is 376 g/mol. The first kappa shape index (κ1) is 17.9. The number of carbonyl (C=O) groups is 1. The minimum atomic E-state index is -4.67. The molecule has 0 radical (unpaired) electrons. The first-order chi connectivity index (χ1) is 12.3. The summed E-state index contributed by atoms with van der Waals surface area (Å²) in [5.74, 6) is -1.92. The number of halogens is 5. The fourth-order valence-corrected chi connectivity index (χ4v) is 2.33. The number of rotatable bonds is 3. The molecule has 1 N–H and O–H groups in total. The van der Waals surface area contributed by atoms with E-state index in [0.29, 0.717) is 28.9 Å². The number of nitrogens with one attached hydrogen (secondary N) is 1. The number of anilines is 1. The minimum Gasteiger partial charge on any atom is -0.318 e. The molecule has 0 aliphatic carbocycles. The average molecular weight is 385 g/mol.